The highest BCUT2D eigenvalue weighted by atomic mass is 16.4. The molecule has 0 radical (unpaired) electrons. The zero-order chi connectivity index (χ0) is 14.0. The molecule has 0 aromatic heterocycles. The predicted octanol–water partition coefficient (Wildman–Crippen LogP) is 2.22. The molecular formula is C15H22N2O2. The van der Waals surface area contributed by atoms with E-state index in [1.54, 1.807) is 6.07 Å². The molecule has 1 aliphatic rings. The minimum Gasteiger partial charge on any atom is -0.478 e. The van der Waals surface area contributed by atoms with Crippen molar-refractivity contribution >= 4 is 11.7 Å². The lowest BCUT2D eigenvalue weighted by atomic mass is 10.0. The third-order valence-corrected chi connectivity index (χ3v) is 3.91. The van der Waals surface area contributed by atoms with Crippen molar-refractivity contribution in [2.75, 3.05) is 32.1 Å². The number of carboxylic acid groups (broad SMARTS) is 1. The number of para-hydroxylation sites is 1. The van der Waals surface area contributed by atoms with E-state index in [2.05, 4.69) is 23.9 Å². The molecule has 1 aliphatic heterocycles. The van der Waals surface area contributed by atoms with Crippen LogP contribution in [0.1, 0.15) is 28.8 Å². The Balaban J connectivity index is 2.33. The van der Waals surface area contributed by atoms with Crippen LogP contribution in [-0.4, -0.2) is 49.2 Å². The number of anilines is 1. The van der Waals surface area contributed by atoms with Crippen molar-refractivity contribution in [2.24, 2.45) is 0 Å². The van der Waals surface area contributed by atoms with Crippen LogP contribution in [0.4, 0.5) is 5.69 Å². The van der Waals surface area contributed by atoms with Gasteiger partial charge in [-0.1, -0.05) is 12.1 Å². The van der Waals surface area contributed by atoms with E-state index in [1.807, 2.05) is 19.1 Å². The number of hydrogen-bond donors (Lipinski definition) is 1. The van der Waals surface area contributed by atoms with Gasteiger partial charge in [-0.25, -0.2) is 4.79 Å². The lowest BCUT2D eigenvalue weighted by Gasteiger charge is -2.38. The quantitative estimate of drug-likeness (QED) is 0.907. The molecule has 0 saturated carbocycles. The summed E-state index contributed by atoms with van der Waals surface area (Å²) in [4.78, 5) is 15.9. The molecule has 4 nitrogen and oxygen atoms in total. The molecule has 1 saturated heterocycles. The maximum Gasteiger partial charge on any atom is 0.337 e. The first-order valence-corrected chi connectivity index (χ1v) is 6.75. The van der Waals surface area contributed by atoms with E-state index >= 15 is 0 Å². The van der Waals surface area contributed by atoms with Crippen molar-refractivity contribution < 1.29 is 9.90 Å². The largest absolute Gasteiger partial charge is 0.478 e. The first kappa shape index (κ1) is 13.9. The van der Waals surface area contributed by atoms with Crippen molar-refractivity contribution in [3.8, 4) is 0 Å². The molecule has 19 heavy (non-hydrogen) atoms. The summed E-state index contributed by atoms with van der Waals surface area (Å²) in [6, 6.07) is 6.00. The van der Waals surface area contributed by atoms with Gasteiger partial charge < -0.3 is 14.9 Å². The lowest BCUT2D eigenvalue weighted by molar-refractivity contribution is 0.0697. The maximum absolute atomic E-state index is 11.4. The smallest absolute Gasteiger partial charge is 0.337 e. The van der Waals surface area contributed by atoms with Crippen LogP contribution in [0.25, 0.3) is 0 Å². The van der Waals surface area contributed by atoms with Gasteiger partial charge in [0, 0.05) is 19.1 Å². The Labute approximate surface area is 114 Å². The van der Waals surface area contributed by atoms with Crippen molar-refractivity contribution in [3.63, 3.8) is 0 Å². The zero-order valence-electron chi connectivity index (χ0n) is 11.9. The van der Waals surface area contributed by atoms with Crippen molar-refractivity contribution in [1.29, 1.82) is 0 Å². The van der Waals surface area contributed by atoms with E-state index in [9.17, 15) is 9.90 Å². The van der Waals surface area contributed by atoms with Crippen molar-refractivity contribution in [3.05, 3.63) is 29.3 Å². The van der Waals surface area contributed by atoms with Gasteiger partial charge in [0.1, 0.15) is 0 Å². The second-order valence-electron chi connectivity index (χ2n) is 5.48. The molecule has 1 atom stereocenters. The van der Waals surface area contributed by atoms with Crippen LogP contribution in [0.5, 0.6) is 0 Å². The van der Waals surface area contributed by atoms with Crippen molar-refractivity contribution in [2.45, 2.75) is 25.8 Å². The van der Waals surface area contributed by atoms with Gasteiger partial charge in [0.2, 0.25) is 0 Å². The highest BCUT2D eigenvalue weighted by Crippen LogP contribution is 2.28. The Kier molecular flexibility index (Phi) is 4.10. The normalized spacial score (nSPS) is 19.8. The topological polar surface area (TPSA) is 43.8 Å². The summed E-state index contributed by atoms with van der Waals surface area (Å²) < 4.78 is 0. The molecule has 1 heterocycles. The molecule has 0 amide bonds. The van der Waals surface area contributed by atoms with Gasteiger partial charge in [-0.15, -0.1) is 0 Å². The summed E-state index contributed by atoms with van der Waals surface area (Å²) in [5.74, 6) is -0.842. The first-order chi connectivity index (χ1) is 9.00. The van der Waals surface area contributed by atoms with Gasteiger partial charge in [-0.2, -0.15) is 0 Å². The molecule has 2 rings (SSSR count). The lowest BCUT2D eigenvalue weighted by Crippen LogP contribution is -2.45. The SMILES string of the molecule is Cc1cccc(C(=O)O)c1N1CCCC(N(C)C)C1. The number of nitrogens with zero attached hydrogens (tertiary/aromatic N) is 2. The fourth-order valence-corrected chi connectivity index (χ4v) is 2.83. The standard InChI is InChI=1S/C15H22N2O2/c1-11-6-4-8-13(15(18)19)14(11)17-9-5-7-12(10-17)16(2)3/h4,6,8,12H,5,7,9-10H2,1-3H3,(H,18,19). The predicted molar refractivity (Wildman–Crippen MR) is 77.1 cm³/mol. The van der Waals surface area contributed by atoms with Crippen LogP contribution < -0.4 is 4.90 Å². The van der Waals surface area contributed by atoms with Crippen LogP contribution in [-0.2, 0) is 0 Å². The summed E-state index contributed by atoms with van der Waals surface area (Å²) >= 11 is 0. The summed E-state index contributed by atoms with van der Waals surface area (Å²) in [6.45, 7) is 3.83. The Hall–Kier alpha value is -1.55. The van der Waals surface area contributed by atoms with Gasteiger partial charge >= 0.3 is 5.97 Å². The van der Waals surface area contributed by atoms with Gasteiger partial charge in [-0.05, 0) is 45.5 Å². The van der Waals surface area contributed by atoms with Gasteiger partial charge in [0.25, 0.3) is 0 Å². The Morgan fingerprint density at radius 2 is 2.16 bits per heavy atom. The van der Waals surface area contributed by atoms with Crippen molar-refractivity contribution in [1.82, 2.24) is 4.90 Å². The monoisotopic (exact) mass is 262 g/mol. The number of benzene rings is 1. The summed E-state index contributed by atoms with van der Waals surface area (Å²) in [6.07, 6.45) is 2.29. The number of aromatic carboxylic acids is 1. The Bertz CT molecular complexity index is 471. The number of aryl methyl sites for hydroxylation is 1. The number of hydrogen-bond acceptors (Lipinski definition) is 3. The van der Waals surface area contributed by atoms with E-state index in [4.69, 9.17) is 0 Å². The second-order valence-corrected chi connectivity index (χ2v) is 5.48. The molecule has 1 N–H and O–H groups in total. The first-order valence-electron chi connectivity index (χ1n) is 6.75. The van der Waals surface area contributed by atoms with E-state index in [0.717, 1.165) is 30.8 Å². The molecular weight excluding hydrogens is 240 g/mol. The molecule has 4 heteroatoms. The van der Waals surface area contributed by atoms with Crippen LogP contribution >= 0.6 is 0 Å². The number of piperidine rings is 1. The number of carboxylic acids is 1. The van der Waals surface area contributed by atoms with E-state index in [1.165, 1.54) is 6.42 Å². The highest BCUT2D eigenvalue weighted by Gasteiger charge is 2.25. The highest BCUT2D eigenvalue weighted by molar-refractivity contribution is 5.95. The minimum absolute atomic E-state index is 0.416. The molecule has 1 fully saturated rings. The summed E-state index contributed by atoms with van der Waals surface area (Å²) in [7, 11) is 4.17. The Morgan fingerprint density at radius 3 is 2.79 bits per heavy atom. The number of carbonyl (C=O) groups is 1. The molecule has 104 valence electrons. The van der Waals surface area contributed by atoms with E-state index in [-0.39, 0.29) is 0 Å². The van der Waals surface area contributed by atoms with Crippen LogP contribution in [0, 0.1) is 6.92 Å². The maximum atomic E-state index is 11.4. The molecule has 0 aliphatic carbocycles. The fraction of sp³-hybridized carbons (Fsp3) is 0.533. The van der Waals surface area contributed by atoms with Gasteiger partial charge in [-0.3, -0.25) is 0 Å². The third kappa shape index (κ3) is 2.89. The molecule has 1 aromatic carbocycles. The van der Waals surface area contributed by atoms with Crippen LogP contribution in [0.15, 0.2) is 18.2 Å². The molecule has 1 aromatic rings. The number of rotatable bonds is 3. The van der Waals surface area contributed by atoms with Crippen LogP contribution in [0.3, 0.4) is 0 Å². The summed E-state index contributed by atoms with van der Waals surface area (Å²) in [5, 5.41) is 9.36. The minimum atomic E-state index is -0.842. The molecule has 1 unspecified atom stereocenters. The van der Waals surface area contributed by atoms with Gasteiger partial charge in [0.05, 0.1) is 11.3 Å². The number of likely N-dealkylation sites (N-methyl/N-ethyl adjacent to an activating group) is 1. The molecule has 0 spiro atoms. The average Bonchev–Trinajstić information content (AvgIpc) is 2.38. The van der Waals surface area contributed by atoms with Gasteiger partial charge in [0.15, 0.2) is 0 Å². The summed E-state index contributed by atoms with van der Waals surface area (Å²) in [5.41, 5.74) is 2.35. The zero-order valence-corrected chi connectivity index (χ0v) is 11.9. The van der Waals surface area contributed by atoms with E-state index < -0.39 is 5.97 Å². The molecule has 0 bridgehead atoms. The third-order valence-electron chi connectivity index (χ3n) is 3.91. The Morgan fingerprint density at radius 1 is 1.42 bits per heavy atom. The second kappa shape index (κ2) is 5.61. The van der Waals surface area contributed by atoms with E-state index in [0.29, 0.717) is 11.6 Å². The average molecular weight is 262 g/mol. The van der Waals surface area contributed by atoms with Crippen LogP contribution in [0.2, 0.25) is 0 Å². The fourth-order valence-electron chi connectivity index (χ4n) is 2.83.